The minimum atomic E-state index is -0.353. The molecule has 0 bridgehead atoms. The van der Waals surface area contributed by atoms with Crippen LogP contribution in [0.5, 0.6) is 0 Å². The number of amides is 1. The number of aromatic nitrogens is 2. The van der Waals surface area contributed by atoms with E-state index in [4.69, 9.17) is 0 Å². The van der Waals surface area contributed by atoms with Crippen LogP contribution >= 0.6 is 0 Å². The van der Waals surface area contributed by atoms with E-state index < -0.39 is 0 Å². The van der Waals surface area contributed by atoms with Gasteiger partial charge >= 0.3 is 0 Å². The third-order valence-corrected chi connectivity index (χ3v) is 4.50. The van der Waals surface area contributed by atoms with E-state index in [1.165, 1.54) is 12.1 Å². The Morgan fingerprint density at radius 3 is 2.54 bits per heavy atom. The SMILES string of the molecule is O=C(c1ccccc1)N1CCc2c(nc(-c3ccc(F)cc3)[nH]c2=O)C1. The van der Waals surface area contributed by atoms with Gasteiger partial charge in [-0.05, 0) is 42.8 Å². The van der Waals surface area contributed by atoms with Gasteiger partial charge in [-0.3, -0.25) is 9.59 Å². The Balaban J connectivity index is 1.67. The van der Waals surface area contributed by atoms with Gasteiger partial charge in [0.05, 0.1) is 12.2 Å². The number of hydrogen-bond donors (Lipinski definition) is 1. The van der Waals surface area contributed by atoms with Crippen LogP contribution in [0.3, 0.4) is 0 Å². The van der Waals surface area contributed by atoms with Crippen molar-refractivity contribution in [3.05, 3.63) is 87.6 Å². The van der Waals surface area contributed by atoms with Crippen LogP contribution in [0.4, 0.5) is 4.39 Å². The van der Waals surface area contributed by atoms with Gasteiger partial charge in [0, 0.05) is 23.2 Å². The van der Waals surface area contributed by atoms with Crippen molar-refractivity contribution in [3.8, 4) is 11.4 Å². The minimum absolute atomic E-state index is 0.0818. The summed E-state index contributed by atoms with van der Waals surface area (Å²) in [5.74, 6) is -0.0573. The highest BCUT2D eigenvalue weighted by atomic mass is 19.1. The molecule has 5 nitrogen and oxygen atoms in total. The van der Waals surface area contributed by atoms with E-state index in [1.807, 2.05) is 18.2 Å². The fraction of sp³-hybridized carbons (Fsp3) is 0.150. The predicted octanol–water partition coefficient (Wildman–Crippen LogP) is 2.77. The average molecular weight is 349 g/mol. The molecule has 0 fully saturated rings. The fourth-order valence-electron chi connectivity index (χ4n) is 3.12. The summed E-state index contributed by atoms with van der Waals surface area (Å²) in [5, 5.41) is 0. The second-order valence-corrected chi connectivity index (χ2v) is 6.19. The van der Waals surface area contributed by atoms with E-state index >= 15 is 0 Å². The highest BCUT2D eigenvalue weighted by molar-refractivity contribution is 5.94. The normalized spacial score (nSPS) is 13.3. The number of nitrogens with zero attached hydrogens (tertiary/aromatic N) is 2. The highest BCUT2D eigenvalue weighted by Crippen LogP contribution is 2.20. The molecule has 0 atom stereocenters. The molecule has 1 aliphatic rings. The first-order valence-electron chi connectivity index (χ1n) is 8.34. The molecule has 1 aromatic heterocycles. The summed E-state index contributed by atoms with van der Waals surface area (Å²) in [4.78, 5) is 34.0. The monoisotopic (exact) mass is 349 g/mol. The van der Waals surface area contributed by atoms with Crippen molar-refractivity contribution in [2.45, 2.75) is 13.0 Å². The number of carbonyl (C=O) groups is 1. The number of aromatic amines is 1. The number of carbonyl (C=O) groups excluding carboxylic acids is 1. The number of hydrogen-bond acceptors (Lipinski definition) is 3. The third-order valence-electron chi connectivity index (χ3n) is 4.50. The zero-order chi connectivity index (χ0) is 18.1. The van der Waals surface area contributed by atoms with E-state index in [9.17, 15) is 14.0 Å². The van der Waals surface area contributed by atoms with Gasteiger partial charge in [-0.1, -0.05) is 18.2 Å². The zero-order valence-corrected chi connectivity index (χ0v) is 13.9. The van der Waals surface area contributed by atoms with Gasteiger partial charge < -0.3 is 9.88 Å². The molecule has 4 rings (SSSR count). The zero-order valence-electron chi connectivity index (χ0n) is 13.9. The van der Waals surface area contributed by atoms with Gasteiger partial charge in [0.15, 0.2) is 0 Å². The predicted molar refractivity (Wildman–Crippen MR) is 95.1 cm³/mol. The van der Waals surface area contributed by atoms with Crippen LogP contribution in [-0.2, 0) is 13.0 Å². The molecule has 3 aromatic rings. The molecule has 0 saturated heterocycles. The van der Waals surface area contributed by atoms with E-state index in [0.717, 1.165) is 0 Å². The summed E-state index contributed by atoms with van der Waals surface area (Å²) in [6.45, 7) is 0.753. The molecule has 0 aliphatic carbocycles. The van der Waals surface area contributed by atoms with Crippen LogP contribution in [-0.4, -0.2) is 27.3 Å². The molecule has 1 N–H and O–H groups in total. The maximum atomic E-state index is 13.1. The van der Waals surface area contributed by atoms with Crippen LogP contribution in [0.1, 0.15) is 21.6 Å². The summed E-state index contributed by atoms with van der Waals surface area (Å²) in [5.41, 5.74) is 2.22. The van der Waals surface area contributed by atoms with Gasteiger partial charge in [-0.25, -0.2) is 9.37 Å². The van der Waals surface area contributed by atoms with Crippen molar-refractivity contribution in [1.29, 1.82) is 0 Å². The van der Waals surface area contributed by atoms with Gasteiger partial charge in [0.25, 0.3) is 11.5 Å². The van der Waals surface area contributed by atoms with Crippen LogP contribution in [0.15, 0.2) is 59.4 Å². The number of benzene rings is 2. The number of rotatable bonds is 2. The maximum absolute atomic E-state index is 13.1. The lowest BCUT2D eigenvalue weighted by Gasteiger charge is -2.28. The first-order valence-corrected chi connectivity index (χ1v) is 8.34. The van der Waals surface area contributed by atoms with Crippen LogP contribution < -0.4 is 5.56 Å². The lowest BCUT2D eigenvalue weighted by molar-refractivity contribution is 0.0731. The van der Waals surface area contributed by atoms with Crippen molar-refractivity contribution < 1.29 is 9.18 Å². The molecule has 0 radical (unpaired) electrons. The van der Waals surface area contributed by atoms with Crippen molar-refractivity contribution in [3.63, 3.8) is 0 Å². The lowest BCUT2D eigenvalue weighted by Crippen LogP contribution is -2.39. The Labute approximate surface area is 149 Å². The Morgan fingerprint density at radius 2 is 1.81 bits per heavy atom. The molecule has 0 unspecified atom stereocenters. The number of halogens is 1. The van der Waals surface area contributed by atoms with Crippen molar-refractivity contribution >= 4 is 5.91 Å². The Morgan fingerprint density at radius 1 is 1.08 bits per heavy atom. The van der Waals surface area contributed by atoms with Gasteiger partial charge in [0.2, 0.25) is 0 Å². The van der Waals surface area contributed by atoms with Gasteiger partial charge in [-0.2, -0.15) is 0 Å². The summed E-state index contributed by atoms with van der Waals surface area (Å²) < 4.78 is 13.1. The summed E-state index contributed by atoms with van der Waals surface area (Å²) in [7, 11) is 0. The lowest BCUT2D eigenvalue weighted by atomic mass is 10.0. The molecule has 0 saturated carbocycles. The molecule has 1 amide bonds. The van der Waals surface area contributed by atoms with E-state index in [2.05, 4.69) is 9.97 Å². The van der Waals surface area contributed by atoms with E-state index in [0.29, 0.717) is 41.2 Å². The third kappa shape index (κ3) is 3.01. The van der Waals surface area contributed by atoms with Crippen molar-refractivity contribution in [1.82, 2.24) is 14.9 Å². The standard InChI is InChI=1S/C20H16FN3O2/c21-15-8-6-13(7-9-15)18-22-17-12-24(11-10-16(17)19(25)23-18)20(26)14-4-2-1-3-5-14/h1-9H,10-12H2,(H,22,23,25). The van der Waals surface area contributed by atoms with Crippen LogP contribution in [0.25, 0.3) is 11.4 Å². The summed E-state index contributed by atoms with van der Waals surface area (Å²) in [6.07, 6.45) is 0.458. The number of nitrogens with one attached hydrogen (secondary N) is 1. The Hall–Kier alpha value is -3.28. The largest absolute Gasteiger partial charge is 0.332 e. The second kappa shape index (κ2) is 6.55. The Bertz CT molecular complexity index is 1010. The molecule has 26 heavy (non-hydrogen) atoms. The first kappa shape index (κ1) is 16.2. The quantitative estimate of drug-likeness (QED) is 0.774. The molecule has 1 aliphatic heterocycles. The van der Waals surface area contributed by atoms with E-state index in [1.54, 1.807) is 29.2 Å². The maximum Gasteiger partial charge on any atom is 0.254 e. The molecule has 2 aromatic carbocycles. The molecule has 2 heterocycles. The smallest absolute Gasteiger partial charge is 0.254 e. The van der Waals surface area contributed by atoms with Crippen LogP contribution in [0.2, 0.25) is 0 Å². The number of fused-ring (bicyclic) bond motifs is 1. The Kier molecular flexibility index (Phi) is 4.08. The van der Waals surface area contributed by atoms with E-state index in [-0.39, 0.29) is 23.8 Å². The summed E-state index contributed by atoms with van der Waals surface area (Å²) in [6, 6.07) is 14.8. The second-order valence-electron chi connectivity index (χ2n) is 6.19. The first-order chi connectivity index (χ1) is 12.6. The fourth-order valence-corrected chi connectivity index (χ4v) is 3.12. The molecular weight excluding hydrogens is 333 g/mol. The topological polar surface area (TPSA) is 66.1 Å². The van der Waals surface area contributed by atoms with Crippen LogP contribution in [0, 0.1) is 5.82 Å². The van der Waals surface area contributed by atoms with Gasteiger partial charge in [-0.15, -0.1) is 0 Å². The van der Waals surface area contributed by atoms with Crippen molar-refractivity contribution in [2.24, 2.45) is 0 Å². The molecule has 6 heteroatoms. The minimum Gasteiger partial charge on any atom is -0.332 e. The summed E-state index contributed by atoms with van der Waals surface area (Å²) >= 11 is 0. The van der Waals surface area contributed by atoms with Crippen molar-refractivity contribution in [2.75, 3.05) is 6.54 Å². The highest BCUT2D eigenvalue weighted by Gasteiger charge is 2.25. The molecular formula is C20H16FN3O2. The number of H-pyrrole nitrogens is 1. The van der Waals surface area contributed by atoms with Gasteiger partial charge in [0.1, 0.15) is 11.6 Å². The molecule has 130 valence electrons. The molecule has 0 spiro atoms. The average Bonchev–Trinajstić information content (AvgIpc) is 2.68.